The summed E-state index contributed by atoms with van der Waals surface area (Å²) in [6.07, 6.45) is 5.60. The van der Waals surface area contributed by atoms with Gasteiger partial charge in [0.15, 0.2) is 0 Å². The van der Waals surface area contributed by atoms with Crippen molar-refractivity contribution >= 4 is 5.91 Å². The van der Waals surface area contributed by atoms with Gasteiger partial charge in [0.1, 0.15) is 6.26 Å². The van der Waals surface area contributed by atoms with E-state index in [2.05, 4.69) is 10.6 Å². The molecular weight excluding hydrogens is 232 g/mol. The van der Waals surface area contributed by atoms with Gasteiger partial charge in [-0.15, -0.1) is 0 Å². The van der Waals surface area contributed by atoms with E-state index in [9.17, 15) is 9.59 Å². The Balaban J connectivity index is 1.64. The SMILES string of the molecule is O=C(NC1CC2CCC(C1)N2)c1ccc(=O)oc1. The normalized spacial score (nSPS) is 30.1. The van der Waals surface area contributed by atoms with Gasteiger partial charge in [-0.2, -0.15) is 0 Å². The molecule has 5 nitrogen and oxygen atoms in total. The quantitative estimate of drug-likeness (QED) is 0.806. The van der Waals surface area contributed by atoms with E-state index < -0.39 is 5.63 Å². The van der Waals surface area contributed by atoms with E-state index in [-0.39, 0.29) is 11.9 Å². The first-order valence-electron chi connectivity index (χ1n) is 6.36. The number of carbonyl (C=O) groups excluding carboxylic acids is 1. The van der Waals surface area contributed by atoms with Crippen LogP contribution in [0.3, 0.4) is 0 Å². The third-order valence-electron chi connectivity index (χ3n) is 3.77. The third-order valence-corrected chi connectivity index (χ3v) is 3.77. The van der Waals surface area contributed by atoms with Crippen LogP contribution in [0.15, 0.2) is 27.6 Å². The summed E-state index contributed by atoms with van der Waals surface area (Å²) >= 11 is 0. The first-order chi connectivity index (χ1) is 8.70. The van der Waals surface area contributed by atoms with E-state index in [4.69, 9.17) is 4.42 Å². The van der Waals surface area contributed by atoms with Crippen LogP contribution in [0.5, 0.6) is 0 Å². The maximum absolute atomic E-state index is 12.0. The first kappa shape index (κ1) is 11.5. The van der Waals surface area contributed by atoms with Crippen molar-refractivity contribution in [2.75, 3.05) is 0 Å². The summed E-state index contributed by atoms with van der Waals surface area (Å²) < 4.78 is 4.69. The Labute approximate surface area is 105 Å². The maximum atomic E-state index is 12.0. The Morgan fingerprint density at radius 3 is 2.61 bits per heavy atom. The van der Waals surface area contributed by atoms with Crippen LogP contribution in [0, 0.1) is 0 Å². The van der Waals surface area contributed by atoms with Gasteiger partial charge in [-0.05, 0) is 31.7 Å². The topological polar surface area (TPSA) is 71.3 Å². The molecule has 0 spiro atoms. The standard InChI is InChI=1S/C13H16N2O3/c16-12-4-1-8(7-18-12)13(17)15-11-5-9-2-3-10(6-11)14-9/h1,4,7,9-11,14H,2-3,5-6H2,(H,15,17). The molecular formula is C13H16N2O3. The largest absolute Gasteiger partial charge is 0.430 e. The molecule has 1 aromatic rings. The number of rotatable bonds is 2. The summed E-state index contributed by atoms with van der Waals surface area (Å²) in [6, 6.07) is 4.08. The third kappa shape index (κ3) is 2.31. The molecule has 0 aromatic carbocycles. The lowest BCUT2D eigenvalue weighted by Gasteiger charge is -2.29. The van der Waals surface area contributed by atoms with Gasteiger partial charge in [0.25, 0.3) is 5.91 Å². The highest BCUT2D eigenvalue weighted by Gasteiger charge is 2.34. The Kier molecular flexibility index (Phi) is 2.91. The van der Waals surface area contributed by atoms with Crippen molar-refractivity contribution in [3.63, 3.8) is 0 Å². The summed E-state index contributed by atoms with van der Waals surface area (Å²) in [5.41, 5.74) is -0.0352. The van der Waals surface area contributed by atoms with Crippen molar-refractivity contribution in [2.45, 2.75) is 43.8 Å². The van der Waals surface area contributed by atoms with Crippen molar-refractivity contribution in [2.24, 2.45) is 0 Å². The molecule has 96 valence electrons. The van der Waals surface area contributed by atoms with Crippen LogP contribution in [0.2, 0.25) is 0 Å². The Morgan fingerprint density at radius 1 is 1.28 bits per heavy atom. The lowest BCUT2D eigenvalue weighted by molar-refractivity contribution is 0.0921. The first-order valence-corrected chi connectivity index (χ1v) is 6.36. The molecule has 2 bridgehead atoms. The van der Waals surface area contributed by atoms with Crippen molar-refractivity contribution in [3.05, 3.63) is 34.4 Å². The van der Waals surface area contributed by atoms with E-state index in [1.54, 1.807) is 0 Å². The van der Waals surface area contributed by atoms with Crippen molar-refractivity contribution < 1.29 is 9.21 Å². The zero-order valence-corrected chi connectivity index (χ0v) is 10.0. The fourth-order valence-electron chi connectivity index (χ4n) is 2.93. The molecule has 0 radical (unpaired) electrons. The van der Waals surface area contributed by atoms with Gasteiger partial charge in [-0.3, -0.25) is 4.79 Å². The highest BCUT2D eigenvalue weighted by atomic mass is 16.4. The van der Waals surface area contributed by atoms with Crippen molar-refractivity contribution in [3.8, 4) is 0 Å². The highest BCUT2D eigenvalue weighted by molar-refractivity contribution is 5.93. The van der Waals surface area contributed by atoms with Crippen LogP contribution in [0.1, 0.15) is 36.0 Å². The minimum Gasteiger partial charge on any atom is -0.430 e. The molecule has 2 aliphatic heterocycles. The van der Waals surface area contributed by atoms with Crippen LogP contribution in [-0.2, 0) is 0 Å². The van der Waals surface area contributed by atoms with E-state index in [0.717, 1.165) is 12.8 Å². The Hall–Kier alpha value is -1.62. The molecule has 2 fully saturated rings. The van der Waals surface area contributed by atoms with E-state index in [0.29, 0.717) is 17.6 Å². The second-order valence-electron chi connectivity index (χ2n) is 5.12. The lowest BCUT2D eigenvalue weighted by atomic mass is 9.99. The molecule has 1 amide bonds. The second-order valence-corrected chi connectivity index (χ2v) is 5.12. The van der Waals surface area contributed by atoms with E-state index in [1.165, 1.54) is 31.2 Å². The van der Waals surface area contributed by atoms with E-state index >= 15 is 0 Å². The smallest absolute Gasteiger partial charge is 0.335 e. The molecule has 2 atom stereocenters. The van der Waals surface area contributed by atoms with E-state index in [1.807, 2.05) is 0 Å². The van der Waals surface area contributed by atoms with Gasteiger partial charge in [-0.1, -0.05) is 0 Å². The number of amides is 1. The van der Waals surface area contributed by atoms with Gasteiger partial charge in [0, 0.05) is 24.2 Å². The molecule has 0 aliphatic carbocycles. The van der Waals surface area contributed by atoms with Gasteiger partial charge >= 0.3 is 5.63 Å². The predicted molar refractivity (Wildman–Crippen MR) is 65.4 cm³/mol. The van der Waals surface area contributed by atoms with Gasteiger partial charge < -0.3 is 15.1 Å². The van der Waals surface area contributed by atoms with Crippen LogP contribution >= 0.6 is 0 Å². The fourth-order valence-corrected chi connectivity index (χ4v) is 2.93. The zero-order valence-electron chi connectivity index (χ0n) is 10.0. The number of piperidine rings is 1. The van der Waals surface area contributed by atoms with Gasteiger partial charge in [0.05, 0.1) is 5.56 Å². The summed E-state index contributed by atoms with van der Waals surface area (Å²) in [6.45, 7) is 0. The molecule has 0 saturated carbocycles. The minimum atomic E-state index is -0.438. The van der Waals surface area contributed by atoms with Crippen LogP contribution in [-0.4, -0.2) is 24.0 Å². The fraction of sp³-hybridized carbons (Fsp3) is 0.538. The number of hydrogen-bond donors (Lipinski definition) is 2. The lowest BCUT2D eigenvalue weighted by Crippen LogP contribution is -2.48. The Morgan fingerprint density at radius 2 is 2.00 bits per heavy atom. The Bertz CT molecular complexity index is 479. The zero-order chi connectivity index (χ0) is 12.5. The molecule has 2 aliphatic rings. The van der Waals surface area contributed by atoms with Crippen molar-refractivity contribution in [1.82, 2.24) is 10.6 Å². The summed E-state index contributed by atoms with van der Waals surface area (Å²) in [4.78, 5) is 22.8. The van der Waals surface area contributed by atoms with Gasteiger partial charge in [-0.25, -0.2) is 4.79 Å². The molecule has 2 saturated heterocycles. The van der Waals surface area contributed by atoms with Crippen molar-refractivity contribution in [1.29, 1.82) is 0 Å². The van der Waals surface area contributed by atoms with Crippen LogP contribution in [0.25, 0.3) is 0 Å². The summed E-state index contributed by atoms with van der Waals surface area (Å²) in [5, 5.41) is 6.54. The molecule has 1 aromatic heterocycles. The molecule has 3 rings (SSSR count). The number of nitrogens with one attached hydrogen (secondary N) is 2. The maximum Gasteiger partial charge on any atom is 0.335 e. The molecule has 3 heterocycles. The van der Waals surface area contributed by atoms with Crippen LogP contribution in [0.4, 0.5) is 0 Å². The molecule has 2 N–H and O–H groups in total. The second kappa shape index (κ2) is 4.57. The average molecular weight is 248 g/mol. The highest BCUT2D eigenvalue weighted by Crippen LogP contribution is 2.26. The predicted octanol–water partition coefficient (Wildman–Crippen LogP) is 0.653. The average Bonchev–Trinajstić information content (AvgIpc) is 2.69. The number of fused-ring (bicyclic) bond motifs is 2. The van der Waals surface area contributed by atoms with Crippen LogP contribution < -0.4 is 16.3 Å². The molecule has 18 heavy (non-hydrogen) atoms. The molecule has 2 unspecified atom stereocenters. The van der Waals surface area contributed by atoms with Gasteiger partial charge in [0.2, 0.25) is 0 Å². The summed E-state index contributed by atoms with van der Waals surface area (Å²) in [7, 11) is 0. The number of hydrogen-bond acceptors (Lipinski definition) is 4. The number of carbonyl (C=O) groups is 1. The summed E-state index contributed by atoms with van der Waals surface area (Å²) in [5.74, 6) is -0.162. The molecule has 5 heteroatoms. The monoisotopic (exact) mass is 248 g/mol. The minimum absolute atomic E-state index is 0.162.